The fraction of sp³-hybridized carbons (Fsp3) is 0.286. The number of hydrogen-bond acceptors (Lipinski definition) is 4. The molecule has 19 heavy (non-hydrogen) atoms. The van der Waals surface area contributed by atoms with E-state index in [9.17, 15) is 9.59 Å². The Labute approximate surface area is 116 Å². The van der Waals surface area contributed by atoms with E-state index in [0.29, 0.717) is 23.4 Å². The van der Waals surface area contributed by atoms with Gasteiger partial charge in [0.25, 0.3) is 0 Å². The third-order valence-electron chi connectivity index (χ3n) is 2.74. The van der Waals surface area contributed by atoms with Crippen molar-refractivity contribution in [1.29, 1.82) is 0 Å². The zero-order chi connectivity index (χ0) is 13.7. The summed E-state index contributed by atoms with van der Waals surface area (Å²) in [6, 6.07) is 9.50. The van der Waals surface area contributed by atoms with Crippen molar-refractivity contribution in [2.45, 2.75) is 12.8 Å². The summed E-state index contributed by atoms with van der Waals surface area (Å²) in [6.07, 6.45) is 0.999. The molecule has 0 saturated heterocycles. The number of thioether (sulfide) groups is 1. The summed E-state index contributed by atoms with van der Waals surface area (Å²) in [4.78, 5) is 23.9. The van der Waals surface area contributed by atoms with Crippen LogP contribution in [0.15, 0.2) is 40.9 Å². The molecule has 0 aromatic heterocycles. The lowest BCUT2D eigenvalue weighted by Gasteiger charge is -2.07. The van der Waals surface area contributed by atoms with Crippen LogP contribution in [0.3, 0.4) is 0 Å². The van der Waals surface area contributed by atoms with Crippen molar-refractivity contribution in [2.24, 2.45) is 0 Å². The number of allylic oxidation sites excluding steroid dienone is 1. The Morgan fingerprint density at radius 3 is 2.74 bits per heavy atom. The topological polar surface area (TPSA) is 55.4 Å². The maximum Gasteiger partial charge on any atom is 0.346 e. The number of esters is 1. The Morgan fingerprint density at radius 2 is 2.05 bits per heavy atom. The van der Waals surface area contributed by atoms with Gasteiger partial charge in [0, 0.05) is 11.4 Å². The maximum atomic E-state index is 11.9. The van der Waals surface area contributed by atoms with E-state index in [1.54, 1.807) is 0 Å². The van der Waals surface area contributed by atoms with Gasteiger partial charge in [-0.1, -0.05) is 30.3 Å². The summed E-state index contributed by atoms with van der Waals surface area (Å²) in [5.41, 5.74) is 1.63. The Kier molecular flexibility index (Phi) is 4.63. The van der Waals surface area contributed by atoms with E-state index in [1.807, 2.05) is 30.3 Å². The van der Waals surface area contributed by atoms with Crippen molar-refractivity contribution in [2.75, 3.05) is 12.9 Å². The minimum atomic E-state index is -0.377. The summed E-state index contributed by atoms with van der Waals surface area (Å²) in [5.74, 6) is 0.313. The lowest BCUT2D eigenvalue weighted by Crippen LogP contribution is -2.25. The molecule has 1 heterocycles. The third kappa shape index (κ3) is 3.61. The summed E-state index contributed by atoms with van der Waals surface area (Å²) in [7, 11) is 1.34. The second-order valence-corrected chi connectivity index (χ2v) is 5.21. The Bertz CT molecular complexity index is 511. The van der Waals surface area contributed by atoms with Crippen LogP contribution in [0.1, 0.15) is 12.0 Å². The summed E-state index contributed by atoms with van der Waals surface area (Å²) in [5, 5.41) is 2.81. The molecule has 1 aromatic carbocycles. The molecule has 100 valence electrons. The largest absolute Gasteiger partial charge is 0.465 e. The first-order valence-corrected chi connectivity index (χ1v) is 6.97. The van der Waals surface area contributed by atoms with Gasteiger partial charge in [-0.05, 0) is 12.0 Å². The van der Waals surface area contributed by atoms with E-state index < -0.39 is 0 Å². The molecule has 1 aliphatic heterocycles. The predicted molar refractivity (Wildman–Crippen MR) is 74.4 cm³/mol. The first-order chi connectivity index (χ1) is 9.20. The Balaban J connectivity index is 2.00. The molecule has 0 spiro atoms. The molecule has 0 aliphatic carbocycles. The lowest BCUT2D eigenvalue weighted by molar-refractivity contribution is -0.135. The number of rotatable bonds is 4. The van der Waals surface area contributed by atoms with Crippen LogP contribution in [-0.4, -0.2) is 24.7 Å². The number of methoxy groups -OCH3 is 1. The molecular formula is C14H15NO3S. The number of benzene rings is 1. The highest BCUT2D eigenvalue weighted by Crippen LogP contribution is 2.30. The number of nitrogens with one attached hydrogen (secondary N) is 1. The van der Waals surface area contributed by atoms with Crippen molar-refractivity contribution in [1.82, 2.24) is 5.32 Å². The minimum Gasteiger partial charge on any atom is -0.465 e. The molecule has 1 amide bonds. The molecule has 0 saturated carbocycles. The zero-order valence-electron chi connectivity index (χ0n) is 10.6. The van der Waals surface area contributed by atoms with Gasteiger partial charge in [-0.25, -0.2) is 4.79 Å². The van der Waals surface area contributed by atoms with E-state index in [2.05, 4.69) is 5.32 Å². The monoisotopic (exact) mass is 277 g/mol. The van der Waals surface area contributed by atoms with Crippen molar-refractivity contribution < 1.29 is 14.3 Å². The predicted octanol–water partition coefficient (Wildman–Crippen LogP) is 1.87. The van der Waals surface area contributed by atoms with Crippen molar-refractivity contribution in [3.63, 3.8) is 0 Å². The van der Waals surface area contributed by atoms with Crippen LogP contribution in [0.2, 0.25) is 0 Å². The van der Waals surface area contributed by atoms with Gasteiger partial charge in [-0.15, -0.1) is 11.8 Å². The molecule has 1 aliphatic rings. The standard InChI is InChI=1S/C14H15NO3S/c1-18-14(17)13-11(7-8-19-13)15-12(16)9-10-5-3-2-4-6-10/h2-6H,7-9H2,1H3,(H,15,16). The van der Waals surface area contributed by atoms with Crippen molar-refractivity contribution >= 4 is 23.6 Å². The van der Waals surface area contributed by atoms with Crippen LogP contribution in [0.4, 0.5) is 0 Å². The van der Waals surface area contributed by atoms with Gasteiger partial charge in [-0.2, -0.15) is 0 Å². The Morgan fingerprint density at radius 1 is 1.32 bits per heavy atom. The molecule has 1 aromatic rings. The second kappa shape index (κ2) is 6.43. The van der Waals surface area contributed by atoms with Gasteiger partial charge < -0.3 is 10.1 Å². The van der Waals surface area contributed by atoms with Gasteiger partial charge in [0.05, 0.1) is 13.5 Å². The molecule has 5 heteroatoms. The fourth-order valence-corrected chi connectivity index (χ4v) is 2.88. The first-order valence-electron chi connectivity index (χ1n) is 5.98. The molecular weight excluding hydrogens is 262 g/mol. The normalized spacial score (nSPS) is 14.4. The molecule has 0 atom stereocenters. The van der Waals surface area contributed by atoms with E-state index in [4.69, 9.17) is 4.74 Å². The van der Waals surface area contributed by atoms with Crippen molar-refractivity contribution in [3.05, 3.63) is 46.5 Å². The van der Waals surface area contributed by atoms with Crippen LogP contribution >= 0.6 is 11.8 Å². The van der Waals surface area contributed by atoms with E-state index in [-0.39, 0.29) is 11.9 Å². The van der Waals surface area contributed by atoms with Crippen LogP contribution in [0.25, 0.3) is 0 Å². The minimum absolute atomic E-state index is 0.106. The highest BCUT2D eigenvalue weighted by molar-refractivity contribution is 8.04. The van der Waals surface area contributed by atoms with Gasteiger partial charge in [0.15, 0.2) is 0 Å². The third-order valence-corrected chi connectivity index (χ3v) is 3.85. The Hall–Kier alpha value is -1.75. The average Bonchev–Trinajstić information content (AvgIpc) is 2.87. The van der Waals surface area contributed by atoms with E-state index in [1.165, 1.54) is 18.9 Å². The highest BCUT2D eigenvalue weighted by atomic mass is 32.2. The van der Waals surface area contributed by atoms with Crippen LogP contribution in [0.5, 0.6) is 0 Å². The zero-order valence-corrected chi connectivity index (χ0v) is 11.5. The van der Waals surface area contributed by atoms with Gasteiger partial charge in [0.2, 0.25) is 5.91 Å². The molecule has 0 unspecified atom stereocenters. The summed E-state index contributed by atoms with van der Waals surface area (Å²) in [6.45, 7) is 0. The maximum absolute atomic E-state index is 11.9. The van der Waals surface area contributed by atoms with Gasteiger partial charge in [0.1, 0.15) is 4.91 Å². The number of carbonyl (C=O) groups is 2. The van der Waals surface area contributed by atoms with Gasteiger partial charge >= 0.3 is 5.97 Å². The molecule has 0 radical (unpaired) electrons. The molecule has 1 N–H and O–H groups in total. The smallest absolute Gasteiger partial charge is 0.346 e. The number of hydrogen-bond donors (Lipinski definition) is 1. The number of ether oxygens (including phenoxy) is 1. The van der Waals surface area contributed by atoms with E-state index >= 15 is 0 Å². The quantitative estimate of drug-likeness (QED) is 0.854. The molecule has 2 rings (SSSR count). The molecule has 0 fully saturated rings. The van der Waals surface area contributed by atoms with Gasteiger partial charge in [-0.3, -0.25) is 4.79 Å². The van der Waals surface area contributed by atoms with Crippen LogP contribution in [-0.2, 0) is 20.7 Å². The second-order valence-electron chi connectivity index (χ2n) is 4.11. The summed E-state index contributed by atoms with van der Waals surface area (Å²) < 4.78 is 4.70. The fourth-order valence-electron chi connectivity index (χ4n) is 1.84. The SMILES string of the molecule is COC(=O)C1=C(NC(=O)Cc2ccccc2)CCS1. The first kappa shape index (κ1) is 13.7. The van der Waals surface area contributed by atoms with Crippen LogP contribution in [0, 0.1) is 0 Å². The number of amides is 1. The van der Waals surface area contributed by atoms with Crippen LogP contribution < -0.4 is 5.32 Å². The lowest BCUT2D eigenvalue weighted by atomic mass is 10.1. The summed E-state index contributed by atoms with van der Waals surface area (Å²) >= 11 is 1.42. The average molecular weight is 277 g/mol. The molecule has 4 nitrogen and oxygen atoms in total. The highest BCUT2D eigenvalue weighted by Gasteiger charge is 2.23. The van der Waals surface area contributed by atoms with E-state index in [0.717, 1.165) is 11.3 Å². The van der Waals surface area contributed by atoms with Crippen molar-refractivity contribution in [3.8, 4) is 0 Å². The number of carbonyl (C=O) groups excluding carboxylic acids is 2. The molecule has 0 bridgehead atoms.